The molecular weight excluding hydrogens is 416 g/mol. The van der Waals surface area contributed by atoms with Crippen LogP contribution in [0, 0.1) is 23.7 Å². The number of ether oxygens (including phenoxy) is 1. The molecule has 2 amide bonds. The summed E-state index contributed by atoms with van der Waals surface area (Å²) in [7, 11) is 1.61. The van der Waals surface area contributed by atoms with Crippen LogP contribution in [0.15, 0.2) is 36.0 Å². The van der Waals surface area contributed by atoms with Crippen LogP contribution in [0.4, 0.5) is 5.82 Å². The molecule has 0 spiro atoms. The van der Waals surface area contributed by atoms with E-state index in [9.17, 15) is 9.59 Å². The van der Waals surface area contributed by atoms with E-state index < -0.39 is 0 Å². The molecule has 0 radical (unpaired) electrons. The van der Waals surface area contributed by atoms with Gasteiger partial charge in [-0.1, -0.05) is 31.6 Å². The zero-order chi connectivity index (χ0) is 23.8. The van der Waals surface area contributed by atoms with Gasteiger partial charge >= 0.3 is 0 Å². The zero-order valence-corrected chi connectivity index (χ0v) is 20.6. The Hall–Kier alpha value is -2.41. The number of amides is 2. The first-order chi connectivity index (χ1) is 15.9. The molecule has 0 saturated carbocycles. The summed E-state index contributed by atoms with van der Waals surface area (Å²) in [4.78, 5) is 33.8. The minimum absolute atomic E-state index is 0.0348. The van der Waals surface area contributed by atoms with Crippen LogP contribution < -0.4 is 10.2 Å². The molecule has 2 aliphatic rings. The normalized spacial score (nSPS) is 23.4. The highest BCUT2D eigenvalue weighted by Gasteiger charge is 2.34. The monoisotopic (exact) mass is 456 g/mol. The first-order valence-electron chi connectivity index (χ1n) is 12.3. The number of nitrogens with zero attached hydrogens (tertiary/aromatic N) is 3. The molecule has 1 aliphatic heterocycles. The SMILES string of the molecule is COCCC(=O)NC[C@@H]1C=C(C)[C@H](CC(=O)N2CCN(c3ccccn3)CC2)C[C@H]1C(C)C. The topological polar surface area (TPSA) is 74.8 Å². The van der Waals surface area contributed by atoms with E-state index in [4.69, 9.17) is 4.74 Å². The molecule has 3 rings (SSSR count). The van der Waals surface area contributed by atoms with Crippen molar-refractivity contribution in [1.82, 2.24) is 15.2 Å². The summed E-state index contributed by atoms with van der Waals surface area (Å²) in [6.07, 6.45) is 6.08. The van der Waals surface area contributed by atoms with Crippen molar-refractivity contribution in [3.63, 3.8) is 0 Å². The van der Waals surface area contributed by atoms with E-state index in [2.05, 4.69) is 42.0 Å². The average Bonchev–Trinajstić information content (AvgIpc) is 2.83. The molecule has 2 heterocycles. The minimum Gasteiger partial charge on any atom is -0.384 e. The van der Waals surface area contributed by atoms with Gasteiger partial charge in [0.15, 0.2) is 0 Å². The zero-order valence-electron chi connectivity index (χ0n) is 20.6. The van der Waals surface area contributed by atoms with Crippen LogP contribution in [-0.4, -0.2) is 68.1 Å². The predicted octanol–water partition coefficient (Wildman–Crippen LogP) is 3.13. The van der Waals surface area contributed by atoms with Crippen LogP contribution in [-0.2, 0) is 14.3 Å². The number of anilines is 1. The second-order valence-corrected chi connectivity index (χ2v) is 9.72. The summed E-state index contributed by atoms with van der Waals surface area (Å²) in [6, 6.07) is 5.95. The first-order valence-corrected chi connectivity index (χ1v) is 12.3. The number of carbonyl (C=O) groups excluding carboxylic acids is 2. The van der Waals surface area contributed by atoms with Crippen LogP contribution >= 0.6 is 0 Å². The van der Waals surface area contributed by atoms with Gasteiger partial charge in [0.1, 0.15) is 5.82 Å². The summed E-state index contributed by atoms with van der Waals surface area (Å²) >= 11 is 0. The summed E-state index contributed by atoms with van der Waals surface area (Å²) in [5.74, 6) is 2.81. The lowest BCUT2D eigenvalue weighted by Gasteiger charge is -2.39. The molecule has 7 heteroatoms. The number of piperazine rings is 1. The molecule has 1 aromatic heterocycles. The van der Waals surface area contributed by atoms with Gasteiger partial charge in [-0.2, -0.15) is 0 Å². The van der Waals surface area contributed by atoms with Crippen LogP contribution in [0.2, 0.25) is 0 Å². The molecule has 1 aromatic rings. The molecule has 7 nitrogen and oxygen atoms in total. The molecular formula is C26H40N4O3. The van der Waals surface area contributed by atoms with Gasteiger partial charge in [0.25, 0.3) is 0 Å². The van der Waals surface area contributed by atoms with E-state index in [-0.39, 0.29) is 17.7 Å². The molecule has 1 saturated heterocycles. The lowest BCUT2D eigenvalue weighted by Crippen LogP contribution is -2.49. The number of rotatable bonds is 9. The van der Waals surface area contributed by atoms with Crippen LogP contribution in [0.1, 0.15) is 40.0 Å². The number of hydrogen-bond donors (Lipinski definition) is 1. The fourth-order valence-electron chi connectivity index (χ4n) is 5.09. The van der Waals surface area contributed by atoms with Crippen molar-refractivity contribution in [3.8, 4) is 0 Å². The second kappa shape index (κ2) is 12.2. The standard InChI is InChI=1S/C26H40N4O3/c1-19(2)23-16-21(20(3)15-22(23)18-28-25(31)8-14-33-4)17-26(32)30-12-10-29(11-13-30)24-7-5-6-9-27-24/h5-7,9,15,19,21-23H,8,10-14,16-18H2,1-4H3,(H,28,31)/t21-,22-,23-/m0/s1. The van der Waals surface area contributed by atoms with Crippen molar-refractivity contribution in [2.24, 2.45) is 23.7 Å². The molecule has 182 valence electrons. The van der Waals surface area contributed by atoms with Gasteiger partial charge in [-0.3, -0.25) is 9.59 Å². The smallest absolute Gasteiger partial charge is 0.223 e. The maximum Gasteiger partial charge on any atom is 0.223 e. The van der Waals surface area contributed by atoms with E-state index in [0.717, 1.165) is 38.4 Å². The van der Waals surface area contributed by atoms with Gasteiger partial charge < -0.3 is 19.9 Å². The fraction of sp³-hybridized carbons (Fsp3) is 0.654. The van der Waals surface area contributed by atoms with Crippen molar-refractivity contribution in [3.05, 3.63) is 36.0 Å². The molecule has 0 unspecified atom stereocenters. The van der Waals surface area contributed by atoms with Crippen LogP contribution in [0.25, 0.3) is 0 Å². The minimum atomic E-state index is 0.0348. The van der Waals surface area contributed by atoms with Gasteiger partial charge in [0.05, 0.1) is 6.61 Å². The number of methoxy groups -OCH3 is 1. The summed E-state index contributed by atoms with van der Waals surface area (Å²) < 4.78 is 5.00. The Morgan fingerprint density at radius 3 is 2.61 bits per heavy atom. The Bertz CT molecular complexity index is 803. The van der Waals surface area contributed by atoms with Crippen LogP contribution in [0.5, 0.6) is 0 Å². The molecule has 1 fully saturated rings. The highest BCUT2D eigenvalue weighted by molar-refractivity contribution is 5.77. The van der Waals surface area contributed by atoms with Gasteiger partial charge in [-0.05, 0) is 49.1 Å². The van der Waals surface area contributed by atoms with E-state index in [1.165, 1.54) is 5.57 Å². The Labute approximate surface area is 198 Å². The van der Waals surface area contributed by atoms with Crippen molar-refractivity contribution in [2.75, 3.05) is 51.3 Å². The highest BCUT2D eigenvalue weighted by Crippen LogP contribution is 2.39. The van der Waals surface area contributed by atoms with E-state index in [1.807, 2.05) is 29.3 Å². The number of nitrogens with one attached hydrogen (secondary N) is 1. The summed E-state index contributed by atoms with van der Waals surface area (Å²) in [5.41, 5.74) is 1.28. The summed E-state index contributed by atoms with van der Waals surface area (Å²) in [6.45, 7) is 10.9. The van der Waals surface area contributed by atoms with Crippen molar-refractivity contribution in [1.29, 1.82) is 0 Å². The lowest BCUT2D eigenvalue weighted by atomic mass is 9.69. The first kappa shape index (κ1) is 25.2. The molecule has 3 atom stereocenters. The molecule has 1 N–H and O–H groups in total. The van der Waals surface area contributed by atoms with E-state index in [1.54, 1.807) is 7.11 Å². The maximum absolute atomic E-state index is 13.1. The third kappa shape index (κ3) is 7.03. The second-order valence-electron chi connectivity index (χ2n) is 9.72. The number of pyridine rings is 1. The predicted molar refractivity (Wildman–Crippen MR) is 131 cm³/mol. The van der Waals surface area contributed by atoms with Gasteiger partial charge in [-0.25, -0.2) is 4.98 Å². The van der Waals surface area contributed by atoms with Gasteiger partial charge in [0.2, 0.25) is 11.8 Å². The lowest BCUT2D eigenvalue weighted by molar-refractivity contribution is -0.132. The number of allylic oxidation sites excluding steroid dienone is 1. The molecule has 0 bridgehead atoms. The third-order valence-corrected chi connectivity index (χ3v) is 7.18. The number of aromatic nitrogens is 1. The Kier molecular flexibility index (Phi) is 9.30. The maximum atomic E-state index is 13.1. The van der Waals surface area contributed by atoms with Crippen molar-refractivity contribution in [2.45, 2.75) is 40.0 Å². The molecule has 1 aliphatic carbocycles. The van der Waals surface area contributed by atoms with E-state index >= 15 is 0 Å². The van der Waals surface area contributed by atoms with Crippen molar-refractivity contribution >= 4 is 17.6 Å². The van der Waals surface area contributed by atoms with Gasteiger partial charge in [0, 0.05) is 58.9 Å². The third-order valence-electron chi connectivity index (χ3n) is 7.18. The highest BCUT2D eigenvalue weighted by atomic mass is 16.5. The largest absolute Gasteiger partial charge is 0.384 e. The number of carbonyl (C=O) groups is 2. The summed E-state index contributed by atoms with van der Waals surface area (Å²) in [5, 5.41) is 3.07. The average molecular weight is 457 g/mol. The van der Waals surface area contributed by atoms with E-state index in [0.29, 0.717) is 43.7 Å². The fourth-order valence-corrected chi connectivity index (χ4v) is 5.09. The Morgan fingerprint density at radius 1 is 1.21 bits per heavy atom. The van der Waals surface area contributed by atoms with Crippen LogP contribution in [0.3, 0.4) is 0 Å². The molecule has 33 heavy (non-hydrogen) atoms. The quantitative estimate of drug-likeness (QED) is 0.578. The van der Waals surface area contributed by atoms with Gasteiger partial charge in [-0.15, -0.1) is 0 Å². The Balaban J connectivity index is 1.54. The Morgan fingerprint density at radius 2 is 1.97 bits per heavy atom. The van der Waals surface area contributed by atoms with Crippen molar-refractivity contribution < 1.29 is 14.3 Å². The molecule has 0 aromatic carbocycles. The number of hydrogen-bond acceptors (Lipinski definition) is 5.